The van der Waals surface area contributed by atoms with Gasteiger partial charge < -0.3 is 15.4 Å². The third-order valence-electron chi connectivity index (χ3n) is 3.60. The molecule has 2 N–H and O–H groups in total. The van der Waals surface area contributed by atoms with Gasteiger partial charge in [0.1, 0.15) is 18.2 Å². The number of benzene rings is 1. The number of anilines is 1. The molecular formula is C18H21FN4O4. The van der Waals surface area contributed by atoms with Gasteiger partial charge in [-0.1, -0.05) is 12.1 Å². The summed E-state index contributed by atoms with van der Waals surface area (Å²) in [5.74, 6) is -2.32. The number of rotatable bonds is 7. The van der Waals surface area contributed by atoms with Crippen LogP contribution in [0.4, 0.5) is 10.2 Å². The molecule has 2 amide bonds. The molecule has 2 aromatic rings. The number of nitrogens with zero attached hydrogens (tertiary/aromatic N) is 2. The minimum absolute atomic E-state index is 0.0433. The highest BCUT2D eigenvalue weighted by Gasteiger charge is 2.20. The number of hydrogen-bond acceptors (Lipinski definition) is 5. The molecule has 0 aliphatic rings. The van der Waals surface area contributed by atoms with Crippen molar-refractivity contribution < 1.29 is 23.5 Å². The Labute approximate surface area is 155 Å². The third kappa shape index (κ3) is 5.37. The lowest BCUT2D eigenvalue weighted by Crippen LogP contribution is -2.36. The fourth-order valence-electron chi connectivity index (χ4n) is 2.24. The standard InChI is InChI=1S/C18H21FN4O4/c1-11(2)23-15(8-9-21-23)22-17(25)12(3)27-16(24)10-20-18(26)13-6-4-5-7-14(13)19/h4-9,11-12H,10H2,1-3H3,(H,20,26)(H,22,25)/t12-/m0/s1. The van der Waals surface area contributed by atoms with Gasteiger partial charge in [0, 0.05) is 12.1 Å². The van der Waals surface area contributed by atoms with Gasteiger partial charge in [-0.05, 0) is 32.9 Å². The van der Waals surface area contributed by atoms with Crippen LogP contribution in [0.5, 0.6) is 0 Å². The Kier molecular flexibility index (Phi) is 6.64. The fraction of sp³-hybridized carbons (Fsp3) is 0.333. The number of carbonyl (C=O) groups excluding carboxylic acids is 3. The smallest absolute Gasteiger partial charge is 0.326 e. The fourth-order valence-corrected chi connectivity index (χ4v) is 2.24. The van der Waals surface area contributed by atoms with E-state index in [9.17, 15) is 18.8 Å². The maximum absolute atomic E-state index is 13.5. The van der Waals surface area contributed by atoms with Crippen LogP contribution < -0.4 is 10.6 Å². The molecule has 0 saturated heterocycles. The molecule has 0 fully saturated rings. The van der Waals surface area contributed by atoms with Crippen molar-refractivity contribution in [2.75, 3.05) is 11.9 Å². The predicted molar refractivity (Wildman–Crippen MR) is 95.5 cm³/mol. The highest BCUT2D eigenvalue weighted by molar-refractivity contribution is 5.97. The minimum atomic E-state index is -1.08. The summed E-state index contributed by atoms with van der Waals surface area (Å²) in [6.07, 6.45) is 0.461. The van der Waals surface area contributed by atoms with E-state index in [0.29, 0.717) is 5.82 Å². The van der Waals surface area contributed by atoms with Crippen LogP contribution in [-0.2, 0) is 14.3 Å². The third-order valence-corrected chi connectivity index (χ3v) is 3.60. The quantitative estimate of drug-likeness (QED) is 0.719. The second-order valence-electron chi connectivity index (χ2n) is 6.04. The summed E-state index contributed by atoms with van der Waals surface area (Å²) in [4.78, 5) is 35.8. The first-order valence-electron chi connectivity index (χ1n) is 8.36. The Morgan fingerprint density at radius 1 is 1.19 bits per heavy atom. The van der Waals surface area contributed by atoms with E-state index in [2.05, 4.69) is 15.7 Å². The van der Waals surface area contributed by atoms with Crippen molar-refractivity contribution in [3.8, 4) is 0 Å². The maximum atomic E-state index is 13.5. The Morgan fingerprint density at radius 2 is 1.89 bits per heavy atom. The van der Waals surface area contributed by atoms with Crippen molar-refractivity contribution in [2.24, 2.45) is 0 Å². The monoisotopic (exact) mass is 376 g/mol. The van der Waals surface area contributed by atoms with Gasteiger partial charge in [0.05, 0.1) is 11.8 Å². The molecule has 27 heavy (non-hydrogen) atoms. The molecule has 1 aromatic heterocycles. The summed E-state index contributed by atoms with van der Waals surface area (Å²) in [6.45, 7) is 4.73. The highest BCUT2D eigenvalue weighted by atomic mass is 19.1. The molecule has 1 atom stereocenters. The summed E-state index contributed by atoms with van der Waals surface area (Å²) in [5, 5.41) is 8.97. The first-order chi connectivity index (χ1) is 12.8. The van der Waals surface area contributed by atoms with Crippen molar-refractivity contribution in [3.05, 3.63) is 47.9 Å². The summed E-state index contributed by atoms with van der Waals surface area (Å²) in [7, 11) is 0. The number of amides is 2. The van der Waals surface area contributed by atoms with Crippen LogP contribution in [0.3, 0.4) is 0 Å². The molecule has 0 aliphatic carbocycles. The number of aromatic nitrogens is 2. The summed E-state index contributed by atoms with van der Waals surface area (Å²) in [6, 6.07) is 7.06. The average molecular weight is 376 g/mol. The van der Waals surface area contributed by atoms with E-state index in [0.717, 1.165) is 6.07 Å². The first kappa shape index (κ1) is 20.1. The summed E-state index contributed by atoms with van der Waals surface area (Å²) >= 11 is 0. The minimum Gasteiger partial charge on any atom is -0.451 e. The SMILES string of the molecule is CC(C)n1nccc1NC(=O)[C@H](C)OC(=O)CNC(=O)c1ccccc1F. The Bertz CT molecular complexity index is 834. The van der Waals surface area contributed by atoms with Gasteiger partial charge in [-0.3, -0.25) is 14.4 Å². The zero-order chi connectivity index (χ0) is 20.0. The maximum Gasteiger partial charge on any atom is 0.326 e. The van der Waals surface area contributed by atoms with Crippen molar-refractivity contribution in [1.82, 2.24) is 15.1 Å². The van der Waals surface area contributed by atoms with Gasteiger partial charge in [-0.2, -0.15) is 5.10 Å². The van der Waals surface area contributed by atoms with Crippen molar-refractivity contribution in [1.29, 1.82) is 0 Å². The van der Waals surface area contributed by atoms with Gasteiger partial charge >= 0.3 is 5.97 Å². The number of nitrogens with one attached hydrogen (secondary N) is 2. The van der Waals surface area contributed by atoms with Crippen LogP contribution in [0.25, 0.3) is 0 Å². The van der Waals surface area contributed by atoms with E-state index in [4.69, 9.17) is 4.74 Å². The van der Waals surface area contributed by atoms with Crippen LogP contribution in [0.1, 0.15) is 37.2 Å². The zero-order valence-corrected chi connectivity index (χ0v) is 15.2. The van der Waals surface area contributed by atoms with Crippen LogP contribution in [0.2, 0.25) is 0 Å². The Hall–Kier alpha value is -3.23. The van der Waals surface area contributed by atoms with E-state index < -0.39 is 36.2 Å². The van der Waals surface area contributed by atoms with Gasteiger partial charge in [0.25, 0.3) is 11.8 Å². The normalized spacial score (nSPS) is 11.7. The molecule has 144 valence electrons. The second kappa shape index (κ2) is 8.93. The first-order valence-corrected chi connectivity index (χ1v) is 8.36. The molecule has 0 unspecified atom stereocenters. The molecule has 2 rings (SSSR count). The molecule has 0 bridgehead atoms. The molecule has 0 saturated carbocycles. The molecule has 1 aromatic carbocycles. The van der Waals surface area contributed by atoms with Gasteiger partial charge in [0.15, 0.2) is 6.10 Å². The van der Waals surface area contributed by atoms with Crippen molar-refractivity contribution in [3.63, 3.8) is 0 Å². The number of halogens is 1. The average Bonchev–Trinajstić information content (AvgIpc) is 3.08. The lowest BCUT2D eigenvalue weighted by Gasteiger charge is -2.16. The zero-order valence-electron chi connectivity index (χ0n) is 15.2. The Balaban J connectivity index is 1.84. The second-order valence-corrected chi connectivity index (χ2v) is 6.04. The Morgan fingerprint density at radius 3 is 2.56 bits per heavy atom. The van der Waals surface area contributed by atoms with Crippen molar-refractivity contribution in [2.45, 2.75) is 32.9 Å². The summed E-state index contributed by atoms with van der Waals surface area (Å²) < 4.78 is 20.1. The predicted octanol–water partition coefficient (Wildman–Crippen LogP) is 1.90. The largest absolute Gasteiger partial charge is 0.451 e. The van der Waals surface area contributed by atoms with Gasteiger partial charge in [0.2, 0.25) is 0 Å². The molecular weight excluding hydrogens is 355 g/mol. The van der Waals surface area contributed by atoms with Crippen LogP contribution >= 0.6 is 0 Å². The van der Waals surface area contributed by atoms with E-state index in [1.165, 1.54) is 25.1 Å². The lowest BCUT2D eigenvalue weighted by atomic mass is 10.2. The number of carbonyl (C=O) groups is 3. The molecule has 0 radical (unpaired) electrons. The topological polar surface area (TPSA) is 102 Å². The molecule has 8 nitrogen and oxygen atoms in total. The number of esters is 1. The number of ether oxygens (including phenoxy) is 1. The van der Waals surface area contributed by atoms with E-state index in [1.807, 2.05) is 13.8 Å². The van der Waals surface area contributed by atoms with E-state index in [-0.39, 0.29) is 11.6 Å². The van der Waals surface area contributed by atoms with E-state index in [1.54, 1.807) is 16.9 Å². The molecule has 0 spiro atoms. The van der Waals surface area contributed by atoms with Gasteiger partial charge in [-0.15, -0.1) is 0 Å². The van der Waals surface area contributed by atoms with Crippen LogP contribution in [0.15, 0.2) is 36.5 Å². The van der Waals surface area contributed by atoms with E-state index >= 15 is 0 Å². The molecule has 1 heterocycles. The van der Waals surface area contributed by atoms with Crippen LogP contribution in [0, 0.1) is 5.82 Å². The number of hydrogen-bond donors (Lipinski definition) is 2. The highest BCUT2D eigenvalue weighted by Crippen LogP contribution is 2.13. The van der Waals surface area contributed by atoms with Crippen LogP contribution in [-0.4, -0.2) is 40.2 Å². The van der Waals surface area contributed by atoms with Gasteiger partial charge in [-0.25, -0.2) is 9.07 Å². The molecule has 0 aliphatic heterocycles. The van der Waals surface area contributed by atoms with Crippen molar-refractivity contribution >= 4 is 23.6 Å². The molecule has 9 heteroatoms. The lowest BCUT2D eigenvalue weighted by molar-refractivity contribution is -0.152. The summed E-state index contributed by atoms with van der Waals surface area (Å²) in [5.41, 5.74) is -0.182.